The van der Waals surface area contributed by atoms with E-state index in [1.54, 1.807) is 24.3 Å². The van der Waals surface area contributed by atoms with Gasteiger partial charge >= 0.3 is 11.9 Å². The average molecular weight is 327 g/mol. The van der Waals surface area contributed by atoms with Crippen molar-refractivity contribution < 1.29 is 27.9 Å². The molecule has 0 spiro atoms. The van der Waals surface area contributed by atoms with Crippen molar-refractivity contribution in [2.45, 2.75) is 13.2 Å². The second kappa shape index (κ2) is 7.28. The minimum Gasteiger partial charge on any atom is -0.466 e. The van der Waals surface area contributed by atoms with Gasteiger partial charge in [-0.25, -0.2) is 14.6 Å². The summed E-state index contributed by atoms with van der Waals surface area (Å²) in [4.78, 5) is 27.9. The summed E-state index contributed by atoms with van der Waals surface area (Å²) in [6.07, 6.45) is 2.97. The summed E-state index contributed by atoms with van der Waals surface area (Å²) < 4.78 is 20.3. The van der Waals surface area contributed by atoms with Crippen LogP contribution in [0.2, 0.25) is 0 Å². The Labute approximate surface area is 136 Å². The van der Waals surface area contributed by atoms with E-state index in [1.807, 2.05) is 0 Å². The Kier molecular flexibility index (Phi) is 4.71. The zero-order valence-electron chi connectivity index (χ0n) is 12.5. The molecular formula is C17H13NO6. The zero-order valence-corrected chi connectivity index (χ0v) is 12.5. The number of ether oxygens (including phenoxy) is 2. The van der Waals surface area contributed by atoms with Crippen LogP contribution in [0.5, 0.6) is 0 Å². The van der Waals surface area contributed by atoms with Crippen molar-refractivity contribution in [1.29, 1.82) is 0 Å². The molecule has 0 fully saturated rings. The van der Waals surface area contributed by atoms with Gasteiger partial charge < -0.3 is 18.3 Å². The lowest BCUT2D eigenvalue weighted by Gasteiger charge is -2.05. The van der Waals surface area contributed by atoms with Crippen LogP contribution < -0.4 is 0 Å². The number of rotatable bonds is 6. The smallest absolute Gasteiger partial charge is 0.357 e. The fourth-order valence-corrected chi connectivity index (χ4v) is 1.87. The van der Waals surface area contributed by atoms with Gasteiger partial charge in [-0.2, -0.15) is 0 Å². The van der Waals surface area contributed by atoms with Gasteiger partial charge in [-0.1, -0.05) is 6.07 Å². The van der Waals surface area contributed by atoms with E-state index in [9.17, 15) is 9.59 Å². The highest BCUT2D eigenvalue weighted by molar-refractivity contribution is 5.91. The molecule has 0 amide bonds. The molecule has 7 heteroatoms. The summed E-state index contributed by atoms with van der Waals surface area (Å²) in [7, 11) is 0. The van der Waals surface area contributed by atoms with Crippen molar-refractivity contribution >= 4 is 11.9 Å². The lowest BCUT2D eigenvalue weighted by atomic mass is 10.3. The first-order valence-electron chi connectivity index (χ1n) is 7.08. The monoisotopic (exact) mass is 327 g/mol. The maximum Gasteiger partial charge on any atom is 0.357 e. The van der Waals surface area contributed by atoms with Crippen molar-refractivity contribution in [3.05, 3.63) is 77.9 Å². The first-order chi connectivity index (χ1) is 11.7. The van der Waals surface area contributed by atoms with Crippen molar-refractivity contribution in [1.82, 2.24) is 4.98 Å². The van der Waals surface area contributed by atoms with Crippen molar-refractivity contribution in [2.75, 3.05) is 0 Å². The quantitative estimate of drug-likeness (QED) is 0.643. The number of aromatic nitrogens is 1. The molecule has 3 rings (SSSR count). The average Bonchev–Trinajstić information content (AvgIpc) is 3.31. The third-order valence-corrected chi connectivity index (χ3v) is 3.02. The molecule has 0 aliphatic heterocycles. The second-order valence-electron chi connectivity index (χ2n) is 4.72. The lowest BCUT2D eigenvalue weighted by molar-refractivity contribution is 0.0428. The third kappa shape index (κ3) is 3.89. The van der Waals surface area contributed by atoms with Crippen LogP contribution in [0.3, 0.4) is 0 Å². The van der Waals surface area contributed by atoms with Crippen LogP contribution in [0.1, 0.15) is 32.5 Å². The van der Waals surface area contributed by atoms with Crippen LogP contribution in [-0.2, 0) is 22.7 Å². The van der Waals surface area contributed by atoms with Gasteiger partial charge in [0.2, 0.25) is 0 Å². The molecule has 0 unspecified atom stereocenters. The summed E-state index contributed by atoms with van der Waals surface area (Å²) in [5.74, 6) is -0.297. The largest absolute Gasteiger partial charge is 0.466 e. The van der Waals surface area contributed by atoms with E-state index in [1.165, 1.54) is 30.7 Å². The number of pyridine rings is 1. The maximum absolute atomic E-state index is 12.0. The molecule has 0 N–H and O–H groups in total. The van der Waals surface area contributed by atoms with Gasteiger partial charge in [0.05, 0.1) is 12.5 Å². The minimum absolute atomic E-state index is 0.00834. The summed E-state index contributed by atoms with van der Waals surface area (Å²) >= 11 is 0. The predicted octanol–water partition coefficient (Wildman–Crippen LogP) is 2.98. The highest BCUT2D eigenvalue weighted by atomic mass is 16.5. The molecule has 0 radical (unpaired) electrons. The Morgan fingerprint density at radius 1 is 0.792 bits per heavy atom. The fraction of sp³-hybridized carbons (Fsp3) is 0.118. The molecule has 0 aromatic carbocycles. The van der Waals surface area contributed by atoms with Crippen LogP contribution >= 0.6 is 0 Å². The van der Waals surface area contributed by atoms with Crippen molar-refractivity contribution in [3.63, 3.8) is 0 Å². The van der Waals surface area contributed by atoms with Gasteiger partial charge in [0.25, 0.3) is 0 Å². The molecule has 24 heavy (non-hydrogen) atoms. The number of furan rings is 2. The number of esters is 2. The Morgan fingerprint density at radius 3 is 1.71 bits per heavy atom. The number of carbonyl (C=O) groups is 2. The molecule has 3 aromatic heterocycles. The molecule has 3 heterocycles. The van der Waals surface area contributed by atoms with Crippen LogP contribution in [0.4, 0.5) is 0 Å². The summed E-state index contributed by atoms with van der Waals surface area (Å²) in [5.41, 5.74) is 0.0167. The van der Waals surface area contributed by atoms with Gasteiger partial charge in [0.15, 0.2) is 0 Å². The highest BCUT2D eigenvalue weighted by Gasteiger charge is 2.15. The Hall–Kier alpha value is -3.35. The van der Waals surface area contributed by atoms with E-state index in [0.29, 0.717) is 11.5 Å². The molecular weight excluding hydrogens is 314 g/mol. The van der Waals surface area contributed by atoms with Crippen LogP contribution in [0.25, 0.3) is 0 Å². The molecule has 122 valence electrons. The molecule has 0 saturated heterocycles. The third-order valence-electron chi connectivity index (χ3n) is 3.02. The second-order valence-corrected chi connectivity index (χ2v) is 4.72. The van der Waals surface area contributed by atoms with Gasteiger partial charge in [0.1, 0.15) is 36.1 Å². The molecule has 0 atom stereocenters. The van der Waals surface area contributed by atoms with Crippen molar-refractivity contribution in [2.24, 2.45) is 0 Å². The number of hydrogen-bond donors (Lipinski definition) is 0. The minimum atomic E-state index is -0.660. The Morgan fingerprint density at radius 2 is 1.29 bits per heavy atom. The SMILES string of the molecule is O=C(OCc1ccco1)c1cccc(C(=O)OCc2ccco2)n1. The van der Waals surface area contributed by atoms with Gasteiger partial charge in [-0.3, -0.25) is 0 Å². The standard InChI is InChI=1S/C17H13NO6/c19-16(23-10-12-4-2-8-21-12)14-6-1-7-15(18-14)17(20)24-11-13-5-3-9-22-13/h1-9H,10-11H2. The number of nitrogens with zero attached hydrogens (tertiary/aromatic N) is 1. The van der Waals surface area contributed by atoms with Crippen LogP contribution in [-0.4, -0.2) is 16.9 Å². The van der Waals surface area contributed by atoms with E-state index < -0.39 is 11.9 Å². The van der Waals surface area contributed by atoms with E-state index in [-0.39, 0.29) is 24.6 Å². The predicted molar refractivity (Wildman–Crippen MR) is 79.9 cm³/mol. The molecule has 0 aliphatic rings. The number of carbonyl (C=O) groups excluding carboxylic acids is 2. The molecule has 0 bridgehead atoms. The topological polar surface area (TPSA) is 91.8 Å². The Bertz CT molecular complexity index is 742. The fourth-order valence-electron chi connectivity index (χ4n) is 1.87. The van der Waals surface area contributed by atoms with Crippen molar-refractivity contribution in [3.8, 4) is 0 Å². The van der Waals surface area contributed by atoms with Crippen LogP contribution in [0.15, 0.2) is 63.8 Å². The lowest BCUT2D eigenvalue weighted by Crippen LogP contribution is -2.12. The first kappa shape index (κ1) is 15.5. The molecule has 0 saturated carbocycles. The van der Waals surface area contributed by atoms with E-state index >= 15 is 0 Å². The summed E-state index contributed by atoms with van der Waals surface area (Å²) in [6.45, 7) is -0.0264. The molecule has 0 aliphatic carbocycles. The maximum atomic E-state index is 12.0. The van der Waals surface area contributed by atoms with Gasteiger partial charge in [-0.15, -0.1) is 0 Å². The van der Waals surface area contributed by atoms with Gasteiger partial charge in [0, 0.05) is 0 Å². The van der Waals surface area contributed by atoms with E-state index in [2.05, 4.69) is 4.98 Å². The Balaban J connectivity index is 1.60. The van der Waals surface area contributed by atoms with E-state index in [4.69, 9.17) is 18.3 Å². The summed E-state index contributed by atoms with van der Waals surface area (Å²) in [5, 5.41) is 0. The van der Waals surface area contributed by atoms with E-state index in [0.717, 1.165) is 0 Å². The first-order valence-corrected chi connectivity index (χ1v) is 7.08. The number of hydrogen-bond acceptors (Lipinski definition) is 7. The molecule has 7 nitrogen and oxygen atoms in total. The molecule has 3 aromatic rings. The van der Waals surface area contributed by atoms with Crippen LogP contribution in [0, 0.1) is 0 Å². The highest BCUT2D eigenvalue weighted by Crippen LogP contribution is 2.08. The summed E-state index contributed by atoms with van der Waals surface area (Å²) in [6, 6.07) is 11.2. The zero-order chi connectivity index (χ0) is 16.8. The van der Waals surface area contributed by atoms with Gasteiger partial charge in [-0.05, 0) is 36.4 Å². The normalized spacial score (nSPS) is 10.3.